The maximum Gasteiger partial charge on any atom is 0.164 e. The minimum absolute atomic E-state index is 0.131. The summed E-state index contributed by atoms with van der Waals surface area (Å²) in [7, 11) is 0. The van der Waals surface area contributed by atoms with Crippen LogP contribution in [-0.4, -0.2) is 11.7 Å². The lowest BCUT2D eigenvalue weighted by atomic mass is 10.1. The monoisotopic (exact) mass is 284 g/mol. The molecule has 2 rings (SSSR count). The maximum absolute atomic E-state index is 13.4. The van der Waals surface area contributed by atoms with Gasteiger partial charge in [-0.05, 0) is 30.3 Å². The Morgan fingerprint density at radius 3 is 2.47 bits per heavy atom. The number of halogens is 3. The van der Waals surface area contributed by atoms with Gasteiger partial charge in [0.25, 0.3) is 0 Å². The van der Waals surface area contributed by atoms with Gasteiger partial charge in [0.05, 0.1) is 0 Å². The van der Waals surface area contributed by atoms with Crippen LogP contribution in [0.15, 0.2) is 42.5 Å². The van der Waals surface area contributed by atoms with Crippen LogP contribution in [0, 0.1) is 11.6 Å². The summed E-state index contributed by atoms with van der Waals surface area (Å²) < 4.78 is 31.7. The molecule has 0 spiro atoms. The molecule has 0 aliphatic heterocycles. The molecule has 0 aromatic heterocycles. The summed E-state index contributed by atoms with van der Waals surface area (Å²) >= 11 is 5.71. The molecule has 2 nitrogen and oxygen atoms in total. The van der Waals surface area contributed by atoms with E-state index in [2.05, 4.69) is 0 Å². The molecule has 2 aromatic carbocycles. The molecule has 0 bridgehead atoms. The number of hydrogen-bond donors (Lipinski definition) is 1. The van der Waals surface area contributed by atoms with Crippen molar-refractivity contribution in [2.75, 3.05) is 6.61 Å². The quantitative estimate of drug-likeness (QED) is 0.927. The molecule has 5 heteroatoms. The van der Waals surface area contributed by atoms with E-state index in [-0.39, 0.29) is 12.2 Å². The van der Waals surface area contributed by atoms with Gasteiger partial charge in [-0.3, -0.25) is 0 Å². The third-order valence-electron chi connectivity index (χ3n) is 2.56. The van der Waals surface area contributed by atoms with E-state index in [1.54, 1.807) is 24.3 Å². The smallest absolute Gasteiger partial charge is 0.164 e. The summed E-state index contributed by atoms with van der Waals surface area (Å²) in [6.45, 7) is -0.179. The molecule has 2 aromatic rings. The van der Waals surface area contributed by atoms with E-state index in [9.17, 15) is 13.9 Å². The summed E-state index contributed by atoms with van der Waals surface area (Å²) in [5.74, 6) is -1.57. The van der Waals surface area contributed by atoms with Gasteiger partial charge in [0.1, 0.15) is 18.5 Å². The number of ether oxygens (including phenoxy) is 1. The van der Waals surface area contributed by atoms with E-state index in [4.69, 9.17) is 16.3 Å². The number of hydrogen-bond acceptors (Lipinski definition) is 2. The number of rotatable bonds is 4. The van der Waals surface area contributed by atoms with Gasteiger partial charge in [0.2, 0.25) is 0 Å². The van der Waals surface area contributed by atoms with Gasteiger partial charge in [-0.25, -0.2) is 8.78 Å². The molecule has 0 fully saturated rings. The molecule has 0 saturated heterocycles. The first-order valence-corrected chi connectivity index (χ1v) is 5.96. The van der Waals surface area contributed by atoms with Crippen molar-refractivity contribution in [2.24, 2.45) is 0 Å². The van der Waals surface area contributed by atoms with E-state index < -0.39 is 17.7 Å². The molecule has 0 amide bonds. The van der Waals surface area contributed by atoms with Crippen molar-refractivity contribution in [3.63, 3.8) is 0 Å². The second-order valence-electron chi connectivity index (χ2n) is 3.92. The summed E-state index contributed by atoms with van der Waals surface area (Å²) in [6.07, 6.45) is -1.24. The second kappa shape index (κ2) is 5.99. The fourth-order valence-corrected chi connectivity index (χ4v) is 1.70. The number of aliphatic hydroxyl groups is 1. The zero-order valence-corrected chi connectivity index (χ0v) is 10.6. The number of benzene rings is 2. The van der Waals surface area contributed by atoms with Gasteiger partial charge in [0, 0.05) is 10.6 Å². The Balaban J connectivity index is 2.03. The van der Waals surface area contributed by atoms with Crippen LogP contribution in [0.25, 0.3) is 0 Å². The van der Waals surface area contributed by atoms with Crippen LogP contribution in [0.5, 0.6) is 5.75 Å². The highest BCUT2D eigenvalue weighted by Gasteiger charge is 2.16. The van der Waals surface area contributed by atoms with Crippen molar-refractivity contribution in [2.45, 2.75) is 6.10 Å². The Morgan fingerprint density at radius 1 is 1.11 bits per heavy atom. The topological polar surface area (TPSA) is 29.5 Å². The highest BCUT2D eigenvalue weighted by atomic mass is 35.5. The highest BCUT2D eigenvalue weighted by molar-refractivity contribution is 6.30. The molecular weight excluding hydrogens is 274 g/mol. The predicted molar refractivity (Wildman–Crippen MR) is 68.3 cm³/mol. The Labute approximate surface area is 114 Å². The lowest BCUT2D eigenvalue weighted by Gasteiger charge is -2.13. The van der Waals surface area contributed by atoms with E-state index in [0.29, 0.717) is 10.8 Å². The van der Waals surface area contributed by atoms with E-state index in [0.717, 1.165) is 6.07 Å². The molecule has 1 N–H and O–H groups in total. The van der Waals surface area contributed by atoms with Gasteiger partial charge >= 0.3 is 0 Å². The summed E-state index contributed by atoms with van der Waals surface area (Å²) in [5, 5.41) is 10.3. The van der Waals surface area contributed by atoms with Crippen LogP contribution in [0.4, 0.5) is 8.78 Å². The highest BCUT2D eigenvalue weighted by Crippen LogP contribution is 2.21. The molecule has 19 heavy (non-hydrogen) atoms. The van der Waals surface area contributed by atoms with Crippen LogP contribution >= 0.6 is 11.6 Å². The van der Waals surface area contributed by atoms with E-state index in [1.165, 1.54) is 12.1 Å². The minimum atomic E-state index is -1.24. The second-order valence-corrected chi connectivity index (χ2v) is 4.36. The van der Waals surface area contributed by atoms with Crippen LogP contribution in [-0.2, 0) is 0 Å². The average Bonchev–Trinajstić information content (AvgIpc) is 2.41. The van der Waals surface area contributed by atoms with Gasteiger partial charge < -0.3 is 9.84 Å². The van der Waals surface area contributed by atoms with Crippen LogP contribution in [0.1, 0.15) is 11.7 Å². The van der Waals surface area contributed by atoms with Crippen LogP contribution in [0.3, 0.4) is 0 Å². The van der Waals surface area contributed by atoms with Crippen molar-refractivity contribution < 1.29 is 18.6 Å². The summed E-state index contributed by atoms with van der Waals surface area (Å²) in [4.78, 5) is 0. The minimum Gasteiger partial charge on any atom is -0.491 e. The van der Waals surface area contributed by atoms with Gasteiger partial charge in [-0.1, -0.05) is 23.7 Å². The van der Waals surface area contributed by atoms with Gasteiger partial charge in [0.15, 0.2) is 11.6 Å². The van der Waals surface area contributed by atoms with Crippen molar-refractivity contribution in [3.05, 3.63) is 64.7 Å². The van der Waals surface area contributed by atoms with Gasteiger partial charge in [-0.2, -0.15) is 0 Å². The zero-order chi connectivity index (χ0) is 13.8. The molecule has 0 radical (unpaired) electrons. The van der Waals surface area contributed by atoms with Crippen LogP contribution < -0.4 is 4.74 Å². The zero-order valence-electron chi connectivity index (χ0n) is 9.82. The van der Waals surface area contributed by atoms with Crippen molar-refractivity contribution >= 4 is 11.6 Å². The predicted octanol–water partition coefficient (Wildman–Crippen LogP) is 3.73. The maximum atomic E-state index is 13.4. The summed E-state index contributed by atoms with van der Waals surface area (Å²) in [6, 6.07) is 10.1. The number of aliphatic hydroxyl groups excluding tert-OH is 1. The molecular formula is C14H11ClF2O2. The Hall–Kier alpha value is -1.65. The van der Waals surface area contributed by atoms with Crippen LogP contribution in [0.2, 0.25) is 5.02 Å². The lowest BCUT2D eigenvalue weighted by molar-refractivity contribution is 0.104. The first-order valence-electron chi connectivity index (χ1n) is 5.58. The first-order chi connectivity index (χ1) is 9.08. The molecule has 0 aliphatic carbocycles. The van der Waals surface area contributed by atoms with E-state index in [1.807, 2.05) is 0 Å². The fourth-order valence-electron chi connectivity index (χ4n) is 1.57. The molecule has 1 atom stereocenters. The van der Waals surface area contributed by atoms with Crippen molar-refractivity contribution in [1.29, 1.82) is 0 Å². The first kappa shape index (κ1) is 13.8. The molecule has 100 valence electrons. The van der Waals surface area contributed by atoms with Crippen molar-refractivity contribution in [1.82, 2.24) is 0 Å². The fraction of sp³-hybridized carbons (Fsp3) is 0.143. The molecule has 1 unspecified atom stereocenters. The normalized spacial score (nSPS) is 12.2. The largest absolute Gasteiger partial charge is 0.491 e. The van der Waals surface area contributed by atoms with E-state index >= 15 is 0 Å². The Bertz CT molecular complexity index is 558. The lowest BCUT2D eigenvalue weighted by Crippen LogP contribution is -2.12. The summed E-state index contributed by atoms with van der Waals surface area (Å²) in [5.41, 5.74) is -0.131. The third-order valence-corrected chi connectivity index (χ3v) is 2.81. The van der Waals surface area contributed by atoms with Gasteiger partial charge in [-0.15, -0.1) is 0 Å². The molecule has 0 aliphatic rings. The third kappa shape index (κ3) is 3.43. The molecule has 0 saturated carbocycles. The Kier molecular flexibility index (Phi) is 4.35. The average molecular weight is 285 g/mol. The van der Waals surface area contributed by atoms with Crippen molar-refractivity contribution in [3.8, 4) is 5.75 Å². The molecule has 0 heterocycles. The Morgan fingerprint density at radius 2 is 1.79 bits per heavy atom. The standard InChI is InChI=1S/C14H11ClF2O2/c15-9-4-6-10(7-5-9)19-8-13(18)11-2-1-3-12(16)14(11)17/h1-7,13,18H,8H2. The SMILES string of the molecule is OC(COc1ccc(Cl)cc1)c1cccc(F)c1F.